The van der Waals surface area contributed by atoms with E-state index in [1.54, 1.807) is 0 Å². The van der Waals surface area contributed by atoms with Crippen molar-refractivity contribution in [1.82, 2.24) is 19.7 Å². The molecule has 2 aromatic heterocycles. The fraction of sp³-hybridized carbons (Fsp3) is 0.692. The maximum Gasteiger partial charge on any atom is 0.176 e. The van der Waals surface area contributed by atoms with Crippen molar-refractivity contribution in [2.45, 2.75) is 39.7 Å². The predicted molar refractivity (Wildman–Crippen MR) is 69.6 cm³/mol. The Morgan fingerprint density at radius 1 is 1.50 bits per heavy atom. The van der Waals surface area contributed by atoms with Gasteiger partial charge in [-0.15, -0.1) is 0 Å². The fourth-order valence-corrected chi connectivity index (χ4v) is 2.52. The smallest absolute Gasteiger partial charge is 0.176 e. The average Bonchev–Trinajstić information content (AvgIpc) is 2.98. The normalized spacial score (nSPS) is 20.3. The summed E-state index contributed by atoms with van der Waals surface area (Å²) in [5.74, 6) is 2.05. The highest BCUT2D eigenvalue weighted by Gasteiger charge is 2.23. The Balaban J connectivity index is 2.00. The quantitative estimate of drug-likeness (QED) is 0.906. The summed E-state index contributed by atoms with van der Waals surface area (Å²) < 4.78 is 7.45. The number of hydrogen-bond acceptors (Lipinski definition) is 3. The van der Waals surface area contributed by atoms with Gasteiger partial charge in [-0.05, 0) is 19.3 Å². The number of nitrogens with zero attached hydrogens (tertiary/aromatic N) is 3. The lowest BCUT2D eigenvalue weighted by molar-refractivity contribution is 0.193. The minimum absolute atomic E-state index is 0.421. The van der Waals surface area contributed by atoms with Crippen molar-refractivity contribution in [3.8, 4) is 0 Å². The number of aromatic nitrogens is 4. The van der Waals surface area contributed by atoms with E-state index >= 15 is 0 Å². The highest BCUT2D eigenvalue weighted by molar-refractivity contribution is 5.74. The van der Waals surface area contributed by atoms with Crippen molar-refractivity contribution < 1.29 is 4.74 Å². The van der Waals surface area contributed by atoms with Gasteiger partial charge in [-0.1, -0.05) is 13.8 Å². The summed E-state index contributed by atoms with van der Waals surface area (Å²) >= 11 is 0. The summed E-state index contributed by atoms with van der Waals surface area (Å²) in [5, 5.41) is 4.55. The molecule has 3 heterocycles. The van der Waals surface area contributed by atoms with Crippen LogP contribution in [0.25, 0.3) is 11.2 Å². The maximum absolute atomic E-state index is 5.43. The van der Waals surface area contributed by atoms with Crippen LogP contribution in [-0.2, 0) is 11.3 Å². The van der Waals surface area contributed by atoms with Gasteiger partial charge in [-0.25, -0.2) is 9.67 Å². The molecular weight excluding hydrogens is 228 g/mol. The second kappa shape index (κ2) is 4.39. The molecule has 0 bridgehead atoms. The maximum atomic E-state index is 5.43. The molecule has 18 heavy (non-hydrogen) atoms. The number of aromatic amines is 1. The molecule has 2 aromatic rings. The van der Waals surface area contributed by atoms with Crippen molar-refractivity contribution in [1.29, 1.82) is 0 Å². The highest BCUT2D eigenvalue weighted by atomic mass is 16.5. The van der Waals surface area contributed by atoms with E-state index in [0.29, 0.717) is 11.8 Å². The Kier molecular flexibility index (Phi) is 2.86. The Bertz CT molecular complexity index is 549. The second-order valence-corrected chi connectivity index (χ2v) is 5.54. The molecule has 1 unspecified atom stereocenters. The molecule has 98 valence electrons. The lowest BCUT2D eigenvalue weighted by Gasteiger charge is -2.05. The zero-order chi connectivity index (χ0) is 12.7. The summed E-state index contributed by atoms with van der Waals surface area (Å²) in [6.45, 7) is 8.97. The van der Waals surface area contributed by atoms with Gasteiger partial charge in [0.25, 0.3) is 0 Å². The molecule has 0 aliphatic carbocycles. The van der Waals surface area contributed by atoms with E-state index in [1.165, 1.54) is 0 Å². The van der Waals surface area contributed by atoms with Crippen molar-refractivity contribution in [2.75, 3.05) is 13.2 Å². The molecule has 1 aliphatic heterocycles. The number of imidazole rings is 1. The first kappa shape index (κ1) is 11.7. The largest absolute Gasteiger partial charge is 0.381 e. The van der Waals surface area contributed by atoms with Crippen LogP contribution in [0.1, 0.15) is 37.7 Å². The van der Waals surface area contributed by atoms with Crippen LogP contribution in [0.5, 0.6) is 0 Å². The lowest BCUT2D eigenvalue weighted by atomic mass is 10.1. The number of hydrogen-bond donors (Lipinski definition) is 1. The summed E-state index contributed by atoms with van der Waals surface area (Å²) in [5.41, 5.74) is 3.10. The first-order valence-corrected chi connectivity index (χ1v) is 6.66. The van der Waals surface area contributed by atoms with E-state index in [-0.39, 0.29) is 0 Å². The summed E-state index contributed by atoms with van der Waals surface area (Å²) in [7, 11) is 0. The third-order valence-corrected chi connectivity index (χ3v) is 3.43. The fourth-order valence-electron chi connectivity index (χ4n) is 2.52. The molecule has 0 amide bonds. The Hall–Kier alpha value is -1.36. The molecule has 3 rings (SSSR count). The highest BCUT2D eigenvalue weighted by Crippen LogP contribution is 2.26. The number of aryl methyl sites for hydroxylation is 1. The Morgan fingerprint density at radius 2 is 2.33 bits per heavy atom. The third-order valence-electron chi connectivity index (χ3n) is 3.43. The van der Waals surface area contributed by atoms with E-state index in [9.17, 15) is 0 Å². The SMILES string of the molecule is Cc1nn(CC(C)C)c2nc(C3CCOC3)[nH]c12. The van der Waals surface area contributed by atoms with Crippen LogP contribution in [0.2, 0.25) is 0 Å². The van der Waals surface area contributed by atoms with Crippen LogP contribution in [0, 0.1) is 12.8 Å². The topological polar surface area (TPSA) is 55.7 Å². The standard InChI is InChI=1S/C13H20N4O/c1-8(2)6-17-13-11(9(3)16-17)14-12(15-13)10-4-5-18-7-10/h8,10H,4-7H2,1-3H3,(H,14,15). The molecule has 1 saturated heterocycles. The molecular formula is C13H20N4O. The van der Waals surface area contributed by atoms with Gasteiger partial charge in [0, 0.05) is 19.1 Å². The molecule has 0 spiro atoms. The van der Waals surface area contributed by atoms with Gasteiger partial charge in [0.15, 0.2) is 5.65 Å². The third kappa shape index (κ3) is 1.92. The predicted octanol–water partition coefficient (Wildman–Crippen LogP) is 2.23. The zero-order valence-corrected chi connectivity index (χ0v) is 11.2. The summed E-state index contributed by atoms with van der Waals surface area (Å²) in [6, 6.07) is 0. The number of ether oxygens (including phenoxy) is 1. The average molecular weight is 248 g/mol. The Morgan fingerprint density at radius 3 is 3.00 bits per heavy atom. The molecule has 5 heteroatoms. The van der Waals surface area contributed by atoms with Gasteiger partial charge in [0.05, 0.1) is 12.3 Å². The lowest BCUT2D eigenvalue weighted by Crippen LogP contribution is -2.07. The molecule has 0 aromatic carbocycles. The minimum Gasteiger partial charge on any atom is -0.381 e. The van der Waals surface area contributed by atoms with Crippen LogP contribution in [0.4, 0.5) is 0 Å². The first-order valence-electron chi connectivity index (χ1n) is 6.66. The van der Waals surface area contributed by atoms with Crippen LogP contribution >= 0.6 is 0 Å². The minimum atomic E-state index is 0.421. The first-order chi connectivity index (χ1) is 8.65. The molecule has 0 saturated carbocycles. The van der Waals surface area contributed by atoms with E-state index in [4.69, 9.17) is 9.72 Å². The number of H-pyrrole nitrogens is 1. The number of fused-ring (bicyclic) bond motifs is 1. The van der Waals surface area contributed by atoms with E-state index in [2.05, 4.69) is 23.9 Å². The molecule has 5 nitrogen and oxygen atoms in total. The van der Waals surface area contributed by atoms with Crippen LogP contribution < -0.4 is 0 Å². The van der Waals surface area contributed by atoms with Crippen molar-refractivity contribution in [3.05, 3.63) is 11.5 Å². The molecule has 1 fully saturated rings. The van der Waals surface area contributed by atoms with Gasteiger partial charge in [0.2, 0.25) is 0 Å². The van der Waals surface area contributed by atoms with Crippen molar-refractivity contribution >= 4 is 11.2 Å². The summed E-state index contributed by atoms with van der Waals surface area (Å²) in [6.07, 6.45) is 1.06. The second-order valence-electron chi connectivity index (χ2n) is 5.54. The van der Waals surface area contributed by atoms with E-state index in [1.807, 2.05) is 11.6 Å². The number of rotatable bonds is 3. The van der Waals surface area contributed by atoms with Gasteiger partial charge in [-0.3, -0.25) is 0 Å². The van der Waals surface area contributed by atoms with Crippen LogP contribution in [-0.4, -0.2) is 33.0 Å². The van der Waals surface area contributed by atoms with Gasteiger partial charge < -0.3 is 9.72 Å². The van der Waals surface area contributed by atoms with E-state index in [0.717, 1.165) is 48.9 Å². The van der Waals surface area contributed by atoms with Gasteiger partial charge >= 0.3 is 0 Å². The monoisotopic (exact) mass is 248 g/mol. The van der Waals surface area contributed by atoms with Crippen LogP contribution in [0.15, 0.2) is 0 Å². The molecule has 1 aliphatic rings. The number of nitrogens with one attached hydrogen (secondary N) is 1. The molecule has 1 N–H and O–H groups in total. The van der Waals surface area contributed by atoms with Gasteiger partial charge in [0.1, 0.15) is 11.3 Å². The van der Waals surface area contributed by atoms with Crippen molar-refractivity contribution in [3.63, 3.8) is 0 Å². The zero-order valence-electron chi connectivity index (χ0n) is 11.2. The Labute approximate surface area is 107 Å². The molecule has 0 radical (unpaired) electrons. The van der Waals surface area contributed by atoms with Crippen molar-refractivity contribution in [2.24, 2.45) is 5.92 Å². The van der Waals surface area contributed by atoms with E-state index < -0.39 is 0 Å². The van der Waals surface area contributed by atoms with Gasteiger partial charge in [-0.2, -0.15) is 5.10 Å². The summed E-state index contributed by atoms with van der Waals surface area (Å²) in [4.78, 5) is 8.16. The molecule has 1 atom stereocenters. The van der Waals surface area contributed by atoms with Crippen LogP contribution in [0.3, 0.4) is 0 Å².